The lowest BCUT2D eigenvalue weighted by Crippen LogP contribution is -2.41. The van der Waals surface area contributed by atoms with Crippen molar-refractivity contribution in [3.05, 3.63) is 53.8 Å². The van der Waals surface area contributed by atoms with E-state index in [-0.39, 0.29) is 30.5 Å². The molecule has 0 spiro atoms. The Hall–Kier alpha value is -2.89. The number of rotatable bonds is 3. The van der Waals surface area contributed by atoms with Crippen LogP contribution in [0.3, 0.4) is 0 Å². The summed E-state index contributed by atoms with van der Waals surface area (Å²) in [6.07, 6.45) is 1.85. The number of nitrogens with zero attached hydrogens (tertiary/aromatic N) is 2. The Morgan fingerprint density at radius 3 is 2.78 bits per heavy atom. The molecular formula is C21H21FN2O3. The van der Waals surface area contributed by atoms with Crippen molar-refractivity contribution in [2.75, 3.05) is 30.0 Å². The second-order valence-electron chi connectivity index (χ2n) is 6.92. The maximum Gasteiger partial charge on any atom is 0.232 e. The summed E-state index contributed by atoms with van der Waals surface area (Å²) >= 11 is 0. The first-order valence-electron chi connectivity index (χ1n) is 9.12. The summed E-state index contributed by atoms with van der Waals surface area (Å²) in [5.74, 6) is -0.615. The van der Waals surface area contributed by atoms with Crippen LogP contribution in [0.5, 0.6) is 5.75 Å². The van der Waals surface area contributed by atoms with Crippen LogP contribution < -0.4 is 14.5 Å². The fourth-order valence-corrected chi connectivity index (χ4v) is 4.00. The topological polar surface area (TPSA) is 49.9 Å². The van der Waals surface area contributed by atoms with Crippen molar-refractivity contribution in [1.29, 1.82) is 0 Å². The van der Waals surface area contributed by atoms with Crippen LogP contribution in [0.25, 0.3) is 0 Å². The van der Waals surface area contributed by atoms with Gasteiger partial charge in [0.1, 0.15) is 11.6 Å². The van der Waals surface area contributed by atoms with Gasteiger partial charge in [0.25, 0.3) is 0 Å². The summed E-state index contributed by atoms with van der Waals surface area (Å²) in [6.45, 7) is 0.788. The van der Waals surface area contributed by atoms with Crippen LogP contribution in [0.2, 0.25) is 0 Å². The summed E-state index contributed by atoms with van der Waals surface area (Å²) in [5, 5.41) is 0. The Labute approximate surface area is 157 Å². The van der Waals surface area contributed by atoms with Gasteiger partial charge in [0.2, 0.25) is 11.8 Å². The van der Waals surface area contributed by atoms with E-state index in [1.54, 1.807) is 30.2 Å². The fraction of sp³-hybridized carbons (Fsp3) is 0.333. The molecule has 6 heteroatoms. The molecule has 2 amide bonds. The first-order chi connectivity index (χ1) is 13.1. The summed E-state index contributed by atoms with van der Waals surface area (Å²) in [7, 11) is 1.59. The molecule has 1 saturated heterocycles. The molecule has 2 aliphatic heterocycles. The first-order valence-corrected chi connectivity index (χ1v) is 9.12. The zero-order valence-corrected chi connectivity index (χ0v) is 15.2. The minimum absolute atomic E-state index is 0.0914. The summed E-state index contributed by atoms with van der Waals surface area (Å²) in [5.41, 5.74) is 2.10. The van der Waals surface area contributed by atoms with Gasteiger partial charge in [-0.1, -0.05) is 24.3 Å². The SMILES string of the molecule is COc1cccc2c1N(C(=O)C1CC(=O)N(c3ccccc3F)C1)CCC2. The third-order valence-corrected chi connectivity index (χ3v) is 5.28. The minimum Gasteiger partial charge on any atom is -0.495 e. The van der Waals surface area contributed by atoms with E-state index >= 15 is 0 Å². The molecule has 0 aromatic heterocycles. The van der Waals surface area contributed by atoms with Gasteiger partial charge in [-0.2, -0.15) is 0 Å². The molecule has 2 aromatic rings. The molecule has 2 heterocycles. The van der Waals surface area contributed by atoms with E-state index in [1.165, 1.54) is 11.0 Å². The van der Waals surface area contributed by atoms with Crippen LogP contribution in [0.4, 0.5) is 15.8 Å². The number of hydrogen-bond donors (Lipinski definition) is 0. The smallest absolute Gasteiger partial charge is 0.232 e. The van der Waals surface area contributed by atoms with E-state index in [0.717, 1.165) is 24.1 Å². The molecule has 27 heavy (non-hydrogen) atoms. The third kappa shape index (κ3) is 3.05. The number of carbonyl (C=O) groups is 2. The monoisotopic (exact) mass is 368 g/mol. The van der Waals surface area contributed by atoms with E-state index < -0.39 is 11.7 Å². The second kappa shape index (κ2) is 7.02. The summed E-state index contributed by atoms with van der Waals surface area (Å²) in [6, 6.07) is 11.9. The van der Waals surface area contributed by atoms with Crippen molar-refractivity contribution in [3.63, 3.8) is 0 Å². The van der Waals surface area contributed by atoms with Crippen LogP contribution >= 0.6 is 0 Å². The average Bonchev–Trinajstić information content (AvgIpc) is 3.08. The number of para-hydroxylation sites is 2. The van der Waals surface area contributed by atoms with Gasteiger partial charge in [0.15, 0.2) is 0 Å². The lowest BCUT2D eigenvalue weighted by atomic mass is 9.98. The number of ether oxygens (including phenoxy) is 1. The predicted octanol–water partition coefficient (Wildman–Crippen LogP) is 3.17. The highest BCUT2D eigenvalue weighted by molar-refractivity contribution is 6.05. The van der Waals surface area contributed by atoms with Gasteiger partial charge >= 0.3 is 0 Å². The first kappa shape index (κ1) is 17.5. The highest BCUT2D eigenvalue weighted by atomic mass is 19.1. The standard InChI is InChI=1S/C21H21FN2O3/c1-27-18-10-4-6-14-7-5-11-23(20(14)18)21(26)15-12-19(25)24(13-15)17-9-3-2-8-16(17)22/h2-4,6,8-10,15H,5,7,11-13H2,1H3. The lowest BCUT2D eigenvalue weighted by Gasteiger charge is -2.32. The normalized spacial score (nSPS) is 19.2. The van der Waals surface area contributed by atoms with Crippen LogP contribution in [0, 0.1) is 11.7 Å². The number of halogens is 1. The summed E-state index contributed by atoms with van der Waals surface area (Å²) in [4.78, 5) is 28.8. The molecule has 2 aromatic carbocycles. The van der Waals surface area contributed by atoms with Crippen molar-refractivity contribution in [2.24, 2.45) is 5.92 Å². The molecule has 140 valence electrons. The molecular weight excluding hydrogens is 347 g/mol. The number of aryl methyl sites for hydroxylation is 1. The minimum atomic E-state index is -0.493. The highest BCUT2D eigenvalue weighted by Crippen LogP contribution is 2.38. The van der Waals surface area contributed by atoms with E-state index in [0.29, 0.717) is 12.3 Å². The molecule has 2 aliphatic rings. The van der Waals surface area contributed by atoms with Crippen LogP contribution in [0.1, 0.15) is 18.4 Å². The molecule has 5 nitrogen and oxygen atoms in total. The fourth-order valence-electron chi connectivity index (χ4n) is 4.00. The van der Waals surface area contributed by atoms with Gasteiger partial charge in [0, 0.05) is 19.5 Å². The van der Waals surface area contributed by atoms with Crippen LogP contribution in [-0.4, -0.2) is 32.0 Å². The lowest BCUT2D eigenvalue weighted by molar-refractivity contribution is -0.124. The van der Waals surface area contributed by atoms with Crippen LogP contribution in [0.15, 0.2) is 42.5 Å². The zero-order chi connectivity index (χ0) is 19.0. The Morgan fingerprint density at radius 1 is 1.19 bits per heavy atom. The van der Waals surface area contributed by atoms with Gasteiger partial charge < -0.3 is 14.5 Å². The predicted molar refractivity (Wildman–Crippen MR) is 101 cm³/mol. The number of carbonyl (C=O) groups excluding carboxylic acids is 2. The highest BCUT2D eigenvalue weighted by Gasteiger charge is 2.39. The largest absolute Gasteiger partial charge is 0.495 e. The summed E-state index contributed by atoms with van der Waals surface area (Å²) < 4.78 is 19.5. The number of benzene rings is 2. The zero-order valence-electron chi connectivity index (χ0n) is 15.2. The number of anilines is 2. The quantitative estimate of drug-likeness (QED) is 0.836. The van der Waals surface area contributed by atoms with E-state index in [9.17, 15) is 14.0 Å². The molecule has 1 fully saturated rings. The second-order valence-corrected chi connectivity index (χ2v) is 6.92. The molecule has 0 saturated carbocycles. The van der Waals surface area contributed by atoms with Crippen molar-refractivity contribution in [3.8, 4) is 5.75 Å². The molecule has 4 rings (SSSR count). The maximum absolute atomic E-state index is 14.1. The molecule has 0 bridgehead atoms. The molecule has 0 radical (unpaired) electrons. The Morgan fingerprint density at radius 2 is 2.00 bits per heavy atom. The number of amides is 2. The van der Waals surface area contributed by atoms with Crippen molar-refractivity contribution >= 4 is 23.2 Å². The molecule has 0 aliphatic carbocycles. The number of fused-ring (bicyclic) bond motifs is 1. The average molecular weight is 368 g/mol. The van der Waals surface area contributed by atoms with Crippen molar-refractivity contribution in [2.45, 2.75) is 19.3 Å². The molecule has 1 unspecified atom stereocenters. The number of hydrogen-bond acceptors (Lipinski definition) is 3. The Kier molecular flexibility index (Phi) is 4.56. The van der Waals surface area contributed by atoms with Crippen molar-refractivity contribution in [1.82, 2.24) is 0 Å². The van der Waals surface area contributed by atoms with Gasteiger partial charge in [-0.3, -0.25) is 9.59 Å². The maximum atomic E-state index is 14.1. The van der Waals surface area contributed by atoms with Gasteiger partial charge in [-0.25, -0.2) is 4.39 Å². The van der Waals surface area contributed by atoms with Gasteiger partial charge in [-0.15, -0.1) is 0 Å². The third-order valence-electron chi connectivity index (χ3n) is 5.28. The Balaban J connectivity index is 1.61. The number of methoxy groups -OCH3 is 1. The van der Waals surface area contributed by atoms with E-state index in [1.807, 2.05) is 18.2 Å². The van der Waals surface area contributed by atoms with Gasteiger partial charge in [0.05, 0.1) is 24.4 Å². The van der Waals surface area contributed by atoms with E-state index in [4.69, 9.17) is 4.74 Å². The van der Waals surface area contributed by atoms with Gasteiger partial charge in [-0.05, 0) is 36.6 Å². The Bertz CT molecular complexity index is 884. The van der Waals surface area contributed by atoms with Crippen molar-refractivity contribution < 1.29 is 18.7 Å². The molecule has 1 atom stereocenters. The van der Waals surface area contributed by atoms with E-state index in [2.05, 4.69) is 0 Å². The molecule has 0 N–H and O–H groups in total. The van der Waals surface area contributed by atoms with Crippen LogP contribution in [-0.2, 0) is 16.0 Å².